The number of likely N-dealkylation sites (N-methyl/N-ethyl adjacent to an activating group) is 1. The maximum atomic E-state index is 13.5. The summed E-state index contributed by atoms with van der Waals surface area (Å²) in [5.74, 6) is -1.25. The van der Waals surface area contributed by atoms with Gasteiger partial charge in [0.25, 0.3) is 11.8 Å². The second kappa shape index (κ2) is 28.7. The lowest BCUT2D eigenvalue weighted by molar-refractivity contribution is -0.902. The van der Waals surface area contributed by atoms with Gasteiger partial charge in [-0.3, -0.25) is 24.1 Å². The molecule has 1 aromatic rings. The fraction of sp³-hybridized carbons (Fsp3) is 0.762. The zero-order chi connectivity index (χ0) is 35.6. The summed E-state index contributed by atoms with van der Waals surface area (Å²) < 4.78 is 0.677. The van der Waals surface area contributed by atoms with E-state index in [4.69, 9.17) is 0 Å². The molecule has 1 N–H and O–H groups in total. The summed E-state index contributed by atoms with van der Waals surface area (Å²) in [5.41, 5.74) is 0.465. The molecule has 286 valence electrons. The van der Waals surface area contributed by atoms with Crippen molar-refractivity contribution in [3.8, 4) is 0 Å². The molecule has 1 aliphatic rings. The van der Waals surface area contributed by atoms with Crippen LogP contribution in [0.2, 0.25) is 0 Å². The van der Waals surface area contributed by atoms with E-state index in [9.17, 15) is 19.2 Å². The normalized spacial score (nSPS) is 14.9. The Balaban J connectivity index is 0.0000125. The van der Waals surface area contributed by atoms with Gasteiger partial charge in [-0.25, -0.2) is 0 Å². The molecular weight excluding hydrogens is 737 g/mol. The highest BCUT2D eigenvalue weighted by molar-refractivity contribution is 6.07. The Hall–Kier alpha value is -1.81. The van der Waals surface area contributed by atoms with Crippen LogP contribution >= 0.6 is 0 Å². The monoisotopic (exact) mass is 809 g/mol. The number of hydrogen-bond donors (Lipinski definition) is 1. The molecule has 1 heterocycles. The highest BCUT2D eigenvalue weighted by Crippen LogP contribution is 2.18. The number of nitrogens with one attached hydrogen (secondary N) is 1. The van der Waals surface area contributed by atoms with Crippen LogP contribution in [-0.2, 0) is 14.4 Å². The van der Waals surface area contributed by atoms with Crippen molar-refractivity contribution in [3.63, 3.8) is 0 Å². The minimum atomic E-state index is -0.772. The number of hydrogen-bond acceptors (Lipinski definition) is 4. The lowest BCUT2D eigenvalue weighted by Gasteiger charge is -2.35. The Labute approximate surface area is 323 Å². The first kappa shape index (κ1) is 46.2. The van der Waals surface area contributed by atoms with E-state index in [0.29, 0.717) is 16.6 Å². The molecule has 2 rings (SSSR count). The molecule has 1 saturated heterocycles. The summed E-state index contributed by atoms with van der Waals surface area (Å²) in [7, 11) is 2.20. The van der Waals surface area contributed by atoms with Crippen molar-refractivity contribution in [2.24, 2.45) is 0 Å². The van der Waals surface area contributed by atoms with Gasteiger partial charge in [0.15, 0.2) is 12.3 Å². The standard InChI is InChI=1S/C42H71N3O4.HI/c1-4-6-8-10-12-14-16-18-20-22-27-33-45(3,34-28-23-21-19-17-15-13-11-9-7-5-2)36-40(47)43-38-31-32-41(48)44(42(38)49)35-39(46)37-29-25-24-26-30-37;/h24-26,29-30,38H,4-23,27-28,31-36H2,1-3H3;1H. The molecule has 0 aliphatic carbocycles. The molecule has 0 radical (unpaired) electrons. The largest absolute Gasteiger partial charge is 1.00 e. The third kappa shape index (κ3) is 20.3. The lowest BCUT2D eigenvalue weighted by atomic mass is 10.0. The highest BCUT2D eigenvalue weighted by atomic mass is 127. The molecule has 3 amide bonds. The first-order valence-electron chi connectivity index (χ1n) is 20.3. The van der Waals surface area contributed by atoms with Gasteiger partial charge in [0.1, 0.15) is 6.04 Å². The van der Waals surface area contributed by atoms with E-state index in [-0.39, 0.29) is 61.0 Å². The number of ketones is 1. The van der Waals surface area contributed by atoms with Gasteiger partial charge in [-0.15, -0.1) is 0 Å². The third-order valence-corrected chi connectivity index (χ3v) is 10.4. The Morgan fingerprint density at radius 1 is 0.680 bits per heavy atom. The first-order chi connectivity index (χ1) is 23.8. The van der Waals surface area contributed by atoms with Gasteiger partial charge < -0.3 is 33.8 Å². The van der Waals surface area contributed by atoms with Crippen LogP contribution < -0.4 is 29.3 Å². The Bertz CT molecular complexity index is 1040. The molecule has 1 unspecified atom stereocenters. The molecule has 8 heteroatoms. The van der Waals surface area contributed by atoms with Gasteiger partial charge in [0, 0.05) is 12.0 Å². The number of piperidine rings is 1. The first-order valence-corrected chi connectivity index (χ1v) is 20.3. The lowest BCUT2D eigenvalue weighted by Crippen LogP contribution is -3.00. The zero-order valence-corrected chi connectivity index (χ0v) is 34.3. The van der Waals surface area contributed by atoms with E-state index in [2.05, 4.69) is 26.2 Å². The Kier molecular flexibility index (Phi) is 26.6. The maximum Gasteiger partial charge on any atom is 0.275 e. The smallest absolute Gasteiger partial charge is 0.275 e. The summed E-state index contributed by atoms with van der Waals surface area (Å²) in [6, 6.07) is 7.94. The van der Waals surface area contributed by atoms with Gasteiger partial charge in [-0.2, -0.15) is 0 Å². The Morgan fingerprint density at radius 3 is 1.54 bits per heavy atom. The van der Waals surface area contributed by atoms with Gasteiger partial charge in [0.05, 0.1) is 26.7 Å². The molecule has 7 nitrogen and oxygen atoms in total. The molecule has 1 atom stereocenters. The van der Waals surface area contributed by atoms with Gasteiger partial charge >= 0.3 is 0 Å². The van der Waals surface area contributed by atoms with Crippen LogP contribution in [0.15, 0.2) is 30.3 Å². The number of carbonyl (C=O) groups is 4. The molecule has 0 saturated carbocycles. The summed E-state index contributed by atoms with van der Waals surface area (Å²) in [6.07, 6.45) is 29.0. The van der Waals surface area contributed by atoms with Crippen LogP contribution in [-0.4, -0.2) is 72.2 Å². The number of nitrogens with zero attached hydrogens (tertiary/aromatic N) is 2. The van der Waals surface area contributed by atoms with E-state index in [0.717, 1.165) is 30.8 Å². The fourth-order valence-corrected chi connectivity index (χ4v) is 7.17. The second-order valence-corrected chi connectivity index (χ2v) is 15.1. The minimum Gasteiger partial charge on any atom is -1.00 e. The predicted molar refractivity (Wildman–Crippen MR) is 202 cm³/mol. The third-order valence-electron chi connectivity index (χ3n) is 10.4. The molecule has 0 spiro atoms. The van der Waals surface area contributed by atoms with Crippen molar-refractivity contribution in [2.45, 2.75) is 174 Å². The second-order valence-electron chi connectivity index (χ2n) is 15.1. The van der Waals surface area contributed by atoms with Gasteiger partial charge in [0.2, 0.25) is 5.91 Å². The topological polar surface area (TPSA) is 83.6 Å². The molecule has 1 fully saturated rings. The summed E-state index contributed by atoms with van der Waals surface area (Å²) in [4.78, 5) is 53.2. The number of benzene rings is 1. The number of unbranched alkanes of at least 4 members (excludes halogenated alkanes) is 20. The van der Waals surface area contributed by atoms with E-state index >= 15 is 0 Å². The van der Waals surface area contributed by atoms with Crippen LogP contribution in [0.5, 0.6) is 0 Å². The van der Waals surface area contributed by atoms with Crippen LogP contribution in [0.3, 0.4) is 0 Å². The van der Waals surface area contributed by atoms with Crippen LogP contribution in [0, 0.1) is 0 Å². The van der Waals surface area contributed by atoms with E-state index in [1.54, 1.807) is 24.3 Å². The molecular formula is C42H72IN3O4. The highest BCUT2D eigenvalue weighted by Gasteiger charge is 2.37. The average Bonchev–Trinajstić information content (AvgIpc) is 3.09. The summed E-state index contributed by atoms with van der Waals surface area (Å²) in [5, 5.41) is 2.96. The number of amides is 3. The number of likely N-dealkylation sites (tertiary alicyclic amines) is 1. The Morgan fingerprint density at radius 2 is 1.10 bits per heavy atom. The van der Waals surface area contributed by atoms with Gasteiger partial charge in [-0.05, 0) is 32.1 Å². The van der Waals surface area contributed by atoms with Crippen molar-refractivity contribution in [3.05, 3.63) is 35.9 Å². The van der Waals surface area contributed by atoms with E-state index in [1.165, 1.54) is 128 Å². The number of Topliss-reactive ketones (excluding diaryl/α,β-unsaturated/α-hetero) is 1. The quantitative estimate of drug-likeness (QED) is 0.0314. The van der Waals surface area contributed by atoms with Crippen molar-refractivity contribution in [2.75, 3.05) is 33.2 Å². The fourth-order valence-electron chi connectivity index (χ4n) is 7.17. The average molecular weight is 810 g/mol. The van der Waals surface area contributed by atoms with E-state index in [1.807, 2.05) is 6.07 Å². The summed E-state index contributed by atoms with van der Waals surface area (Å²) >= 11 is 0. The van der Waals surface area contributed by atoms with Crippen LogP contribution in [0.1, 0.15) is 178 Å². The van der Waals surface area contributed by atoms with Crippen molar-refractivity contribution in [1.29, 1.82) is 0 Å². The van der Waals surface area contributed by atoms with Crippen LogP contribution in [0.4, 0.5) is 0 Å². The van der Waals surface area contributed by atoms with E-state index < -0.39 is 11.9 Å². The number of rotatable bonds is 30. The predicted octanol–water partition coefficient (Wildman–Crippen LogP) is 6.58. The van der Waals surface area contributed by atoms with Crippen molar-refractivity contribution < 1.29 is 47.6 Å². The van der Waals surface area contributed by atoms with Crippen molar-refractivity contribution >= 4 is 23.5 Å². The summed E-state index contributed by atoms with van der Waals surface area (Å²) in [6.45, 7) is 6.48. The SMILES string of the molecule is CCCCCCCCCCCCC[N+](C)(CCCCCCCCCCCCC)CC(=O)NC1CCC(=O)N(CC(=O)c2ccccc2)C1=O.[I-]. The molecule has 1 aliphatic heterocycles. The zero-order valence-electron chi connectivity index (χ0n) is 32.2. The van der Waals surface area contributed by atoms with Crippen LogP contribution in [0.25, 0.3) is 0 Å². The number of carbonyl (C=O) groups excluding carboxylic acids is 4. The molecule has 1 aromatic carbocycles. The molecule has 50 heavy (non-hydrogen) atoms. The van der Waals surface area contributed by atoms with Gasteiger partial charge in [-0.1, -0.05) is 160 Å². The number of halogens is 1. The van der Waals surface area contributed by atoms with Crippen molar-refractivity contribution in [1.82, 2.24) is 10.2 Å². The number of imide groups is 1. The number of quaternary nitrogens is 1. The molecule has 0 bridgehead atoms. The minimum absolute atomic E-state index is 0. The maximum absolute atomic E-state index is 13.5. The molecule has 0 aromatic heterocycles.